The molecule has 1 saturated heterocycles. The van der Waals surface area contributed by atoms with Gasteiger partial charge >= 0.3 is 0 Å². The van der Waals surface area contributed by atoms with Gasteiger partial charge in [0, 0.05) is 6.04 Å². The zero-order chi connectivity index (χ0) is 12.7. The van der Waals surface area contributed by atoms with Crippen LogP contribution in [-0.4, -0.2) is 35.7 Å². The molecule has 0 aliphatic carbocycles. The quantitative estimate of drug-likeness (QED) is 0.800. The van der Waals surface area contributed by atoms with Crippen LogP contribution >= 0.6 is 0 Å². The maximum Gasteiger partial charge on any atom is 0.0683 e. The van der Waals surface area contributed by atoms with E-state index in [4.69, 9.17) is 5.26 Å². The van der Waals surface area contributed by atoms with Crippen LogP contribution in [0.1, 0.15) is 52.4 Å². The third-order valence-electron chi connectivity index (χ3n) is 3.76. The van der Waals surface area contributed by atoms with E-state index in [1.165, 1.54) is 19.3 Å². The molecule has 0 radical (unpaired) electrons. The number of nitrogens with zero attached hydrogens (tertiary/aromatic N) is 2. The fraction of sp³-hybridized carbons (Fsp3) is 0.929. The molecule has 0 bridgehead atoms. The lowest BCUT2D eigenvalue weighted by Crippen LogP contribution is -2.38. The molecule has 1 aliphatic heterocycles. The van der Waals surface area contributed by atoms with E-state index >= 15 is 0 Å². The van der Waals surface area contributed by atoms with E-state index in [0.717, 1.165) is 32.4 Å². The molecular weight excluding hydrogens is 212 g/mol. The first-order valence-electron chi connectivity index (χ1n) is 6.85. The summed E-state index contributed by atoms with van der Waals surface area (Å²) in [5.41, 5.74) is -0.208. The lowest BCUT2D eigenvalue weighted by Gasteiger charge is -2.29. The number of likely N-dealkylation sites (tertiary alicyclic amines) is 1. The summed E-state index contributed by atoms with van der Waals surface area (Å²) in [4.78, 5) is 2.42. The van der Waals surface area contributed by atoms with Crippen molar-refractivity contribution < 1.29 is 5.11 Å². The van der Waals surface area contributed by atoms with Crippen LogP contribution in [0.15, 0.2) is 0 Å². The smallest absolute Gasteiger partial charge is 0.0683 e. The molecule has 0 aromatic rings. The average Bonchev–Trinajstić information content (AvgIpc) is 2.54. The molecule has 1 aliphatic rings. The molecule has 1 heterocycles. The van der Waals surface area contributed by atoms with Crippen LogP contribution in [0.5, 0.6) is 0 Å². The number of aliphatic hydroxyl groups is 1. The molecular formula is C14H26N2O. The number of aliphatic hydroxyl groups excluding tert-OH is 1. The Morgan fingerprint density at radius 1 is 1.35 bits per heavy atom. The zero-order valence-corrected chi connectivity index (χ0v) is 11.3. The van der Waals surface area contributed by atoms with E-state index in [1.54, 1.807) is 0 Å². The lowest BCUT2D eigenvalue weighted by atomic mass is 9.89. The van der Waals surface area contributed by atoms with Gasteiger partial charge in [0.1, 0.15) is 0 Å². The lowest BCUT2D eigenvalue weighted by molar-refractivity contribution is 0.120. The van der Waals surface area contributed by atoms with Crippen molar-refractivity contribution in [2.75, 3.05) is 19.7 Å². The fourth-order valence-corrected chi connectivity index (χ4v) is 2.52. The highest BCUT2D eigenvalue weighted by Crippen LogP contribution is 2.22. The summed E-state index contributed by atoms with van der Waals surface area (Å²) in [5.74, 6) is 0. The molecule has 1 atom stereocenters. The minimum absolute atomic E-state index is 0.208. The highest BCUT2D eigenvalue weighted by Gasteiger charge is 2.21. The number of rotatable bonds is 5. The van der Waals surface area contributed by atoms with Gasteiger partial charge < -0.3 is 5.11 Å². The van der Waals surface area contributed by atoms with Crippen LogP contribution in [0.25, 0.3) is 0 Å². The highest BCUT2D eigenvalue weighted by atomic mass is 16.3. The van der Waals surface area contributed by atoms with Crippen molar-refractivity contribution in [3.63, 3.8) is 0 Å². The van der Waals surface area contributed by atoms with E-state index in [-0.39, 0.29) is 12.0 Å². The van der Waals surface area contributed by atoms with Crippen LogP contribution in [-0.2, 0) is 0 Å². The summed E-state index contributed by atoms with van der Waals surface area (Å²) < 4.78 is 0. The normalized spacial score (nSPS) is 23.1. The van der Waals surface area contributed by atoms with Crippen LogP contribution in [0.4, 0.5) is 0 Å². The maximum atomic E-state index is 9.40. The van der Waals surface area contributed by atoms with E-state index in [2.05, 4.69) is 11.0 Å². The number of nitriles is 1. The molecule has 1 N–H and O–H groups in total. The summed E-state index contributed by atoms with van der Waals surface area (Å²) in [6, 6.07) is 2.70. The molecule has 1 fully saturated rings. The van der Waals surface area contributed by atoms with Crippen molar-refractivity contribution in [3.05, 3.63) is 0 Å². The van der Waals surface area contributed by atoms with Gasteiger partial charge in [-0.3, -0.25) is 4.90 Å². The second-order valence-electron chi connectivity index (χ2n) is 5.82. The van der Waals surface area contributed by atoms with Gasteiger partial charge in [-0.25, -0.2) is 0 Å². The van der Waals surface area contributed by atoms with Crippen molar-refractivity contribution in [1.82, 2.24) is 4.90 Å². The Hall–Kier alpha value is -0.590. The molecule has 0 saturated carbocycles. The first kappa shape index (κ1) is 14.5. The molecule has 0 aromatic carbocycles. The Kier molecular flexibility index (Phi) is 5.94. The standard InChI is InChI=1S/C14H26N2O/c1-14(2,12-15)8-6-10-16-9-5-3-4-7-13(16)11-17/h13,17H,3-11H2,1-2H3. The highest BCUT2D eigenvalue weighted by molar-refractivity contribution is 4.91. The van der Waals surface area contributed by atoms with Crippen LogP contribution in [0, 0.1) is 16.7 Å². The summed E-state index contributed by atoms with van der Waals surface area (Å²) in [5, 5.41) is 18.4. The van der Waals surface area contributed by atoms with Gasteiger partial charge in [0.05, 0.1) is 18.1 Å². The van der Waals surface area contributed by atoms with Gasteiger partial charge in [0.25, 0.3) is 0 Å². The topological polar surface area (TPSA) is 47.3 Å². The summed E-state index contributed by atoms with van der Waals surface area (Å²) >= 11 is 0. The maximum absolute atomic E-state index is 9.40. The van der Waals surface area contributed by atoms with Gasteiger partial charge in [-0.1, -0.05) is 12.8 Å². The van der Waals surface area contributed by atoms with Crippen molar-refractivity contribution >= 4 is 0 Å². The van der Waals surface area contributed by atoms with Crippen LogP contribution in [0.3, 0.4) is 0 Å². The van der Waals surface area contributed by atoms with Gasteiger partial charge in [-0.15, -0.1) is 0 Å². The minimum Gasteiger partial charge on any atom is -0.395 e. The molecule has 0 aromatic heterocycles. The van der Waals surface area contributed by atoms with E-state index in [1.807, 2.05) is 13.8 Å². The number of hydrogen-bond acceptors (Lipinski definition) is 3. The molecule has 1 rings (SSSR count). The van der Waals surface area contributed by atoms with Gasteiger partial charge in [-0.2, -0.15) is 5.26 Å². The van der Waals surface area contributed by atoms with Crippen molar-refractivity contribution in [3.8, 4) is 6.07 Å². The first-order chi connectivity index (χ1) is 8.09. The SMILES string of the molecule is CC(C)(C#N)CCCN1CCCCCC1CO. The number of hydrogen-bond donors (Lipinski definition) is 1. The molecule has 3 heteroatoms. The van der Waals surface area contributed by atoms with E-state index in [9.17, 15) is 5.11 Å². The Morgan fingerprint density at radius 2 is 2.12 bits per heavy atom. The monoisotopic (exact) mass is 238 g/mol. The van der Waals surface area contributed by atoms with E-state index < -0.39 is 0 Å². The molecule has 0 spiro atoms. The summed E-state index contributed by atoms with van der Waals surface area (Å²) in [6.07, 6.45) is 6.90. The molecule has 0 amide bonds. The van der Waals surface area contributed by atoms with Gasteiger partial charge in [-0.05, 0) is 52.6 Å². The minimum atomic E-state index is -0.208. The van der Waals surface area contributed by atoms with E-state index in [0.29, 0.717) is 6.04 Å². The van der Waals surface area contributed by atoms with Gasteiger partial charge in [0.15, 0.2) is 0 Å². The first-order valence-corrected chi connectivity index (χ1v) is 6.85. The van der Waals surface area contributed by atoms with Gasteiger partial charge in [0.2, 0.25) is 0 Å². The van der Waals surface area contributed by atoms with Crippen LogP contribution < -0.4 is 0 Å². The molecule has 17 heavy (non-hydrogen) atoms. The average molecular weight is 238 g/mol. The second-order valence-corrected chi connectivity index (χ2v) is 5.82. The van der Waals surface area contributed by atoms with Crippen molar-refractivity contribution in [1.29, 1.82) is 5.26 Å². The fourth-order valence-electron chi connectivity index (χ4n) is 2.52. The Bertz CT molecular complexity index is 257. The third kappa shape index (κ3) is 5.06. The predicted octanol–water partition coefficient (Wildman–Crippen LogP) is 2.55. The Morgan fingerprint density at radius 3 is 2.76 bits per heavy atom. The summed E-state index contributed by atoms with van der Waals surface area (Å²) in [6.45, 7) is 6.41. The van der Waals surface area contributed by atoms with Crippen molar-refractivity contribution in [2.24, 2.45) is 5.41 Å². The predicted molar refractivity (Wildman–Crippen MR) is 69.5 cm³/mol. The second kappa shape index (κ2) is 6.98. The molecule has 98 valence electrons. The van der Waals surface area contributed by atoms with Crippen molar-refractivity contribution in [2.45, 2.75) is 58.4 Å². The Labute approximate surface area is 105 Å². The Balaban J connectivity index is 2.35. The third-order valence-corrected chi connectivity index (χ3v) is 3.76. The largest absolute Gasteiger partial charge is 0.395 e. The summed E-state index contributed by atoms with van der Waals surface area (Å²) in [7, 11) is 0. The molecule has 1 unspecified atom stereocenters. The van der Waals surface area contributed by atoms with Crippen LogP contribution in [0.2, 0.25) is 0 Å². The molecule has 3 nitrogen and oxygen atoms in total. The zero-order valence-electron chi connectivity index (χ0n) is 11.3.